The average Bonchev–Trinajstić information content (AvgIpc) is 2.03. The molecule has 0 amide bonds. The van der Waals surface area contributed by atoms with Crippen molar-refractivity contribution in [1.29, 1.82) is 0 Å². The number of hydrogen-bond acceptors (Lipinski definition) is 4. The van der Waals surface area contributed by atoms with Gasteiger partial charge < -0.3 is 4.74 Å². The lowest BCUT2D eigenvalue weighted by Crippen LogP contribution is -2.01. The van der Waals surface area contributed by atoms with Gasteiger partial charge in [-0.05, 0) is 13.8 Å². The number of carbonyl (C=O) groups is 1. The van der Waals surface area contributed by atoms with Crippen molar-refractivity contribution in [3.63, 3.8) is 0 Å². The Balaban J connectivity index is 3.27. The Morgan fingerprint density at radius 3 is 2.08 bits per heavy atom. The van der Waals surface area contributed by atoms with E-state index in [0.717, 1.165) is 6.29 Å². The van der Waals surface area contributed by atoms with Crippen LogP contribution in [0.15, 0.2) is 0 Å². The van der Waals surface area contributed by atoms with Crippen LogP contribution in [0.25, 0.3) is 0 Å². The molecule has 0 aliphatic carbocycles. The predicted octanol–water partition coefficient (Wildman–Crippen LogP) is 0.915. The van der Waals surface area contributed by atoms with Crippen molar-refractivity contribution in [2.45, 2.75) is 13.8 Å². The molecule has 0 spiro atoms. The van der Waals surface area contributed by atoms with Crippen LogP contribution < -0.4 is 4.74 Å². The summed E-state index contributed by atoms with van der Waals surface area (Å²) in [5.41, 5.74) is 1.83. The molecule has 0 saturated carbocycles. The maximum Gasteiger partial charge on any atom is 0.316 e. The van der Waals surface area contributed by atoms with Gasteiger partial charge in [0.25, 0.3) is 0 Å². The van der Waals surface area contributed by atoms with Crippen LogP contribution in [0.4, 0.5) is 0 Å². The second-order valence-electron chi connectivity index (χ2n) is 2.41. The zero-order chi connectivity index (χ0) is 9.14. The third-order valence-corrected chi connectivity index (χ3v) is 1.61. The molecule has 0 bridgehead atoms. The van der Waals surface area contributed by atoms with Crippen molar-refractivity contribution in [2.75, 3.05) is 7.11 Å². The molecule has 1 aromatic heterocycles. The van der Waals surface area contributed by atoms with E-state index in [9.17, 15) is 4.79 Å². The summed E-state index contributed by atoms with van der Waals surface area (Å²) in [4.78, 5) is 18.4. The number of rotatable bonds is 2. The number of nitrogens with zero attached hydrogens (tertiary/aromatic N) is 2. The minimum Gasteiger partial charge on any atom is -0.467 e. The fourth-order valence-corrected chi connectivity index (χ4v) is 0.956. The van der Waals surface area contributed by atoms with E-state index in [1.54, 1.807) is 13.8 Å². The highest BCUT2D eigenvalue weighted by Crippen LogP contribution is 2.10. The molecule has 64 valence electrons. The van der Waals surface area contributed by atoms with Crippen LogP contribution in [0.5, 0.6) is 6.01 Å². The second-order valence-corrected chi connectivity index (χ2v) is 2.41. The first-order valence-electron chi connectivity index (χ1n) is 3.53. The molecule has 4 nitrogen and oxygen atoms in total. The second kappa shape index (κ2) is 3.30. The fourth-order valence-electron chi connectivity index (χ4n) is 0.956. The summed E-state index contributed by atoms with van der Waals surface area (Å²) in [6, 6.07) is 0.301. The predicted molar refractivity (Wildman–Crippen MR) is 43.4 cm³/mol. The SMILES string of the molecule is COc1nc(C)c(C=O)c(C)n1. The van der Waals surface area contributed by atoms with E-state index >= 15 is 0 Å². The summed E-state index contributed by atoms with van der Waals surface area (Å²) < 4.78 is 4.84. The van der Waals surface area contributed by atoms with Crippen molar-refractivity contribution in [3.05, 3.63) is 17.0 Å². The zero-order valence-electron chi connectivity index (χ0n) is 7.29. The molecule has 4 heteroatoms. The minimum atomic E-state index is 0.301. The molecule has 0 atom stereocenters. The highest BCUT2D eigenvalue weighted by Gasteiger charge is 2.06. The van der Waals surface area contributed by atoms with E-state index < -0.39 is 0 Å². The lowest BCUT2D eigenvalue weighted by Gasteiger charge is -2.03. The Bertz CT molecular complexity index is 287. The lowest BCUT2D eigenvalue weighted by molar-refractivity contribution is 0.112. The summed E-state index contributed by atoms with van der Waals surface area (Å²) in [7, 11) is 1.49. The standard InChI is InChI=1S/C8H10N2O2/c1-5-7(4-11)6(2)10-8(9-5)12-3/h4H,1-3H3. The van der Waals surface area contributed by atoms with Gasteiger partial charge in [-0.1, -0.05) is 0 Å². The van der Waals surface area contributed by atoms with Gasteiger partial charge in [-0.15, -0.1) is 0 Å². The van der Waals surface area contributed by atoms with Crippen LogP contribution in [0.1, 0.15) is 21.7 Å². The van der Waals surface area contributed by atoms with E-state index in [1.165, 1.54) is 7.11 Å². The largest absolute Gasteiger partial charge is 0.467 e. The Kier molecular flexibility index (Phi) is 2.38. The van der Waals surface area contributed by atoms with Crippen molar-refractivity contribution < 1.29 is 9.53 Å². The number of aldehydes is 1. The van der Waals surface area contributed by atoms with Gasteiger partial charge in [-0.3, -0.25) is 4.79 Å². The first-order valence-corrected chi connectivity index (χ1v) is 3.53. The maximum atomic E-state index is 10.5. The number of hydrogen-bond donors (Lipinski definition) is 0. The summed E-state index contributed by atoms with van der Waals surface area (Å²) in [5, 5.41) is 0. The van der Waals surface area contributed by atoms with Crippen LogP contribution in [-0.2, 0) is 0 Å². The molecule has 0 radical (unpaired) electrons. The van der Waals surface area contributed by atoms with Crippen LogP contribution in [0.2, 0.25) is 0 Å². The first kappa shape index (κ1) is 8.64. The van der Waals surface area contributed by atoms with Crippen molar-refractivity contribution in [3.8, 4) is 6.01 Å². The molecule has 1 heterocycles. The number of methoxy groups -OCH3 is 1. The number of aromatic nitrogens is 2. The quantitative estimate of drug-likeness (QED) is 0.613. The molecule has 0 N–H and O–H groups in total. The summed E-state index contributed by atoms with van der Waals surface area (Å²) in [6.07, 6.45) is 0.754. The van der Waals surface area contributed by atoms with Gasteiger partial charge in [0.05, 0.1) is 24.1 Å². The first-order chi connectivity index (χ1) is 5.69. The van der Waals surface area contributed by atoms with Crippen molar-refractivity contribution in [2.24, 2.45) is 0 Å². The van der Waals surface area contributed by atoms with E-state index in [-0.39, 0.29) is 0 Å². The molecule has 1 aromatic rings. The third-order valence-electron chi connectivity index (χ3n) is 1.61. The van der Waals surface area contributed by atoms with Gasteiger partial charge in [0, 0.05) is 0 Å². The molecule has 0 unspecified atom stereocenters. The van der Waals surface area contributed by atoms with Crippen LogP contribution >= 0.6 is 0 Å². The number of ether oxygens (including phenoxy) is 1. The molecule has 0 saturated heterocycles. The number of aryl methyl sites for hydroxylation is 2. The molecular formula is C8H10N2O2. The molecule has 0 aliphatic rings. The topological polar surface area (TPSA) is 52.1 Å². The maximum absolute atomic E-state index is 10.5. The van der Waals surface area contributed by atoms with E-state index in [2.05, 4.69) is 9.97 Å². The third kappa shape index (κ3) is 1.42. The van der Waals surface area contributed by atoms with E-state index in [0.29, 0.717) is 23.0 Å². The van der Waals surface area contributed by atoms with Crippen molar-refractivity contribution in [1.82, 2.24) is 9.97 Å². The van der Waals surface area contributed by atoms with Crippen LogP contribution in [0, 0.1) is 13.8 Å². The lowest BCUT2D eigenvalue weighted by atomic mass is 10.2. The zero-order valence-corrected chi connectivity index (χ0v) is 7.29. The van der Waals surface area contributed by atoms with Crippen LogP contribution in [0.3, 0.4) is 0 Å². The molecular weight excluding hydrogens is 156 g/mol. The van der Waals surface area contributed by atoms with Gasteiger partial charge in [0.2, 0.25) is 0 Å². The Labute approximate surface area is 70.6 Å². The van der Waals surface area contributed by atoms with Gasteiger partial charge >= 0.3 is 6.01 Å². The summed E-state index contributed by atoms with van der Waals surface area (Å²) >= 11 is 0. The van der Waals surface area contributed by atoms with E-state index in [4.69, 9.17) is 4.74 Å². The Hall–Kier alpha value is -1.45. The number of carbonyl (C=O) groups excluding carboxylic acids is 1. The normalized spacial score (nSPS) is 9.58. The van der Waals surface area contributed by atoms with E-state index in [1.807, 2.05) is 0 Å². The smallest absolute Gasteiger partial charge is 0.316 e. The van der Waals surface area contributed by atoms with Gasteiger partial charge in [0.1, 0.15) is 0 Å². The van der Waals surface area contributed by atoms with Crippen LogP contribution in [-0.4, -0.2) is 23.4 Å². The summed E-state index contributed by atoms with van der Waals surface area (Å²) in [6.45, 7) is 3.50. The Morgan fingerprint density at radius 1 is 1.25 bits per heavy atom. The van der Waals surface area contributed by atoms with Crippen molar-refractivity contribution >= 4 is 6.29 Å². The average molecular weight is 166 g/mol. The van der Waals surface area contributed by atoms with Gasteiger partial charge in [-0.25, -0.2) is 0 Å². The summed E-state index contributed by atoms with van der Waals surface area (Å²) in [5.74, 6) is 0. The minimum absolute atomic E-state index is 0.301. The molecule has 1 rings (SSSR count). The molecule has 12 heavy (non-hydrogen) atoms. The highest BCUT2D eigenvalue weighted by molar-refractivity contribution is 5.77. The van der Waals surface area contributed by atoms with Gasteiger partial charge in [-0.2, -0.15) is 9.97 Å². The molecule has 0 aliphatic heterocycles. The Morgan fingerprint density at radius 2 is 1.75 bits per heavy atom. The molecule has 0 aromatic carbocycles. The highest BCUT2D eigenvalue weighted by atomic mass is 16.5. The fraction of sp³-hybridized carbons (Fsp3) is 0.375. The monoisotopic (exact) mass is 166 g/mol. The molecule has 0 fully saturated rings. The van der Waals surface area contributed by atoms with Gasteiger partial charge in [0.15, 0.2) is 6.29 Å².